The third kappa shape index (κ3) is 3.15. The molecule has 144 valence electrons. The van der Waals surface area contributed by atoms with Crippen LogP contribution in [0.2, 0.25) is 0 Å². The lowest BCUT2D eigenvalue weighted by Gasteiger charge is -2.13. The minimum Gasteiger partial charge on any atom is -0.367 e. The van der Waals surface area contributed by atoms with Gasteiger partial charge in [-0.3, -0.25) is 4.79 Å². The predicted molar refractivity (Wildman–Crippen MR) is 105 cm³/mol. The average molecular weight is 435 g/mol. The van der Waals surface area contributed by atoms with Crippen LogP contribution >= 0.6 is 23.1 Å². The maximum atomic E-state index is 12.9. The number of primary amides is 1. The fourth-order valence-corrected chi connectivity index (χ4v) is 5.31. The Balaban J connectivity index is 1.80. The van der Waals surface area contributed by atoms with Gasteiger partial charge in [0.2, 0.25) is 15.0 Å². The first kappa shape index (κ1) is 18.9. The van der Waals surface area contributed by atoms with Crippen LogP contribution in [-0.2, 0) is 19.5 Å². The van der Waals surface area contributed by atoms with Crippen molar-refractivity contribution in [2.24, 2.45) is 5.73 Å². The van der Waals surface area contributed by atoms with Crippen molar-refractivity contribution in [2.45, 2.75) is 20.2 Å². The van der Waals surface area contributed by atoms with E-state index in [1.807, 2.05) is 6.26 Å². The lowest BCUT2D eigenvalue weighted by molar-refractivity contribution is -0.128. The van der Waals surface area contributed by atoms with Gasteiger partial charge in [0.25, 0.3) is 5.91 Å². The van der Waals surface area contributed by atoms with Gasteiger partial charge in [-0.25, -0.2) is 13.3 Å². The summed E-state index contributed by atoms with van der Waals surface area (Å²) in [5, 5.41) is 9.86. The van der Waals surface area contributed by atoms with Crippen molar-refractivity contribution < 1.29 is 18.0 Å². The second-order valence-electron chi connectivity index (χ2n) is 5.77. The predicted octanol–water partition coefficient (Wildman–Crippen LogP) is 2.70. The lowest BCUT2D eigenvalue weighted by atomic mass is 10.1. The molecule has 0 fully saturated rings. The summed E-state index contributed by atoms with van der Waals surface area (Å²) >= 11 is 2.72. The number of carbonyl (C=O) groups excluding carboxylic acids is 1. The number of thioether (sulfide) groups is 1. The number of rotatable bonds is 5. The largest absolute Gasteiger partial charge is 0.367 e. The van der Waals surface area contributed by atoms with Crippen molar-refractivity contribution in [3.8, 4) is 0 Å². The van der Waals surface area contributed by atoms with E-state index in [1.165, 1.54) is 52.4 Å². The molecule has 0 spiro atoms. The fourth-order valence-electron chi connectivity index (χ4n) is 2.77. The van der Waals surface area contributed by atoms with Crippen LogP contribution in [0.1, 0.15) is 11.7 Å². The van der Waals surface area contributed by atoms with Crippen molar-refractivity contribution >= 4 is 49.7 Å². The maximum absolute atomic E-state index is 12.9. The molecule has 8 nitrogen and oxygen atoms in total. The third-order valence-corrected chi connectivity index (χ3v) is 7.71. The van der Waals surface area contributed by atoms with E-state index in [0.717, 1.165) is 4.34 Å². The van der Waals surface area contributed by atoms with Gasteiger partial charge in [-0.1, -0.05) is 41.3 Å². The van der Waals surface area contributed by atoms with Crippen LogP contribution in [0.15, 0.2) is 62.7 Å². The van der Waals surface area contributed by atoms with Crippen molar-refractivity contribution in [1.82, 2.24) is 10.2 Å². The summed E-state index contributed by atoms with van der Waals surface area (Å²) in [6.45, 7) is 0. The fraction of sp³-hybridized carbons (Fsp3) is 0.118. The van der Waals surface area contributed by atoms with Gasteiger partial charge < -0.3 is 5.73 Å². The Morgan fingerprint density at radius 3 is 2.57 bits per heavy atom. The first-order valence-corrected chi connectivity index (χ1v) is 11.5. The zero-order chi connectivity index (χ0) is 19.9. The van der Waals surface area contributed by atoms with E-state index in [2.05, 4.69) is 10.2 Å². The van der Waals surface area contributed by atoms with Crippen LogP contribution in [0, 0.1) is 0 Å². The first-order valence-electron chi connectivity index (χ1n) is 7.99. The van der Waals surface area contributed by atoms with Crippen molar-refractivity contribution in [3.05, 3.63) is 54.1 Å². The Hall–Kier alpha value is -2.47. The van der Waals surface area contributed by atoms with Crippen LogP contribution in [0.3, 0.4) is 0 Å². The molecule has 1 amide bonds. The highest BCUT2D eigenvalue weighted by Gasteiger charge is 2.37. The van der Waals surface area contributed by atoms with Crippen LogP contribution in [0.4, 0.5) is 10.8 Å². The minimum absolute atomic E-state index is 0.0521. The number of aromatic nitrogens is 2. The van der Waals surface area contributed by atoms with Gasteiger partial charge in [0.1, 0.15) is 0 Å². The zero-order valence-electron chi connectivity index (χ0n) is 14.5. The Morgan fingerprint density at radius 2 is 1.93 bits per heavy atom. The molecule has 1 aliphatic rings. The highest BCUT2D eigenvalue weighted by atomic mass is 32.2. The molecule has 4 rings (SSSR count). The zero-order valence-corrected chi connectivity index (χ0v) is 16.9. The molecule has 0 saturated carbocycles. The quantitative estimate of drug-likeness (QED) is 0.610. The highest BCUT2D eigenvalue weighted by Crippen LogP contribution is 2.44. The van der Waals surface area contributed by atoms with E-state index < -0.39 is 21.8 Å². The minimum atomic E-state index is -3.75. The van der Waals surface area contributed by atoms with E-state index in [4.69, 9.17) is 10.6 Å². The number of amides is 1. The van der Waals surface area contributed by atoms with E-state index in [0.29, 0.717) is 16.4 Å². The van der Waals surface area contributed by atoms with E-state index in [9.17, 15) is 13.2 Å². The van der Waals surface area contributed by atoms with Crippen LogP contribution in [0.5, 0.6) is 0 Å². The highest BCUT2D eigenvalue weighted by molar-refractivity contribution is 8.00. The molecule has 2 N–H and O–H groups in total. The molecule has 1 atom stereocenters. The monoisotopic (exact) mass is 434 g/mol. The molecule has 11 heteroatoms. The molecular formula is C17H14N4O4S3. The maximum Gasteiger partial charge on any atom is 0.254 e. The number of anilines is 2. The number of sulfone groups is 1. The molecule has 0 saturated heterocycles. The molecule has 0 bridgehead atoms. The molecule has 2 aromatic carbocycles. The SMILES string of the molecule is CSc1nnc(N2OC(C(N)=O)c3cc(S(=O)(=O)c4ccccc4)ccc32)s1. The molecule has 3 aromatic rings. The molecule has 1 aliphatic heterocycles. The van der Waals surface area contributed by atoms with E-state index >= 15 is 0 Å². The molecule has 1 aromatic heterocycles. The smallest absolute Gasteiger partial charge is 0.254 e. The number of benzene rings is 2. The van der Waals surface area contributed by atoms with Crippen molar-refractivity contribution in [1.29, 1.82) is 0 Å². The summed E-state index contributed by atoms with van der Waals surface area (Å²) in [5.74, 6) is -0.729. The number of nitrogens with two attached hydrogens (primary N) is 1. The summed E-state index contributed by atoms with van der Waals surface area (Å²) in [7, 11) is -3.75. The van der Waals surface area contributed by atoms with Gasteiger partial charge in [0, 0.05) is 5.56 Å². The molecular weight excluding hydrogens is 420 g/mol. The summed E-state index contributed by atoms with van der Waals surface area (Å²) in [6.07, 6.45) is 0.748. The number of carbonyl (C=O) groups is 1. The molecule has 0 aliphatic carbocycles. The summed E-state index contributed by atoms with van der Waals surface area (Å²) in [5.41, 5.74) is 6.34. The Morgan fingerprint density at radius 1 is 1.18 bits per heavy atom. The number of hydrogen-bond acceptors (Lipinski definition) is 9. The standard InChI is InChI=1S/C17H14N4O4S3/c1-26-17-20-19-16(27-17)21-13-8-7-11(9-12(13)14(25-21)15(18)22)28(23,24)10-5-3-2-4-6-10/h2-9,14H,1H3,(H2,18,22). The second kappa shape index (κ2) is 7.17. The summed E-state index contributed by atoms with van der Waals surface area (Å²) < 4.78 is 26.5. The molecule has 1 unspecified atom stereocenters. The van der Waals surface area contributed by atoms with Crippen LogP contribution in [-0.4, -0.2) is 30.8 Å². The summed E-state index contributed by atoms with van der Waals surface area (Å²) in [4.78, 5) is 17.8. The Labute approximate surface area is 169 Å². The normalized spacial score (nSPS) is 16.2. The van der Waals surface area contributed by atoms with Crippen molar-refractivity contribution in [2.75, 3.05) is 11.3 Å². The summed E-state index contributed by atoms with van der Waals surface area (Å²) in [6, 6.07) is 12.5. The number of fused-ring (bicyclic) bond motifs is 1. The lowest BCUT2D eigenvalue weighted by Crippen LogP contribution is -2.23. The topological polar surface area (TPSA) is 115 Å². The number of nitrogens with zero attached hydrogens (tertiary/aromatic N) is 3. The third-order valence-electron chi connectivity index (χ3n) is 4.08. The van der Waals surface area contributed by atoms with Gasteiger partial charge in [-0.2, -0.15) is 5.06 Å². The van der Waals surface area contributed by atoms with Gasteiger partial charge >= 0.3 is 0 Å². The van der Waals surface area contributed by atoms with Crippen molar-refractivity contribution in [3.63, 3.8) is 0 Å². The van der Waals surface area contributed by atoms with Gasteiger partial charge in [0.15, 0.2) is 10.4 Å². The molecule has 28 heavy (non-hydrogen) atoms. The second-order valence-corrected chi connectivity index (χ2v) is 9.73. The van der Waals surface area contributed by atoms with E-state index in [-0.39, 0.29) is 9.79 Å². The van der Waals surface area contributed by atoms with Gasteiger partial charge in [-0.15, -0.1) is 10.2 Å². The Bertz CT molecular complexity index is 1150. The molecule has 0 radical (unpaired) electrons. The number of hydrogen-bond donors (Lipinski definition) is 1. The van der Waals surface area contributed by atoms with Crippen LogP contribution < -0.4 is 10.8 Å². The van der Waals surface area contributed by atoms with Gasteiger partial charge in [0.05, 0.1) is 15.5 Å². The first-order chi connectivity index (χ1) is 13.4. The van der Waals surface area contributed by atoms with E-state index in [1.54, 1.807) is 24.3 Å². The molecule has 2 heterocycles. The Kier molecular flexibility index (Phi) is 4.83. The van der Waals surface area contributed by atoms with Gasteiger partial charge in [-0.05, 0) is 36.6 Å². The average Bonchev–Trinajstić information content (AvgIpc) is 3.32. The van der Waals surface area contributed by atoms with Crippen LogP contribution in [0.25, 0.3) is 0 Å².